The molecule has 0 spiro atoms. The molecule has 0 saturated carbocycles. The zero-order chi connectivity index (χ0) is 13.7. The van der Waals surface area contributed by atoms with Gasteiger partial charge in [-0.3, -0.25) is 4.90 Å². The molecule has 128 valence electrons. The molecule has 1 aliphatic heterocycles. The monoisotopic (exact) mass is 372 g/mol. The SMILES string of the molecule is Cl.Cl.Cl.NC(=NO)c1ccc(N2CCN(CCO)CC2)cc1. The maximum Gasteiger partial charge on any atom is 0.170 e. The van der Waals surface area contributed by atoms with Crippen LogP contribution in [0.4, 0.5) is 5.69 Å². The number of anilines is 1. The highest BCUT2D eigenvalue weighted by molar-refractivity contribution is 5.97. The fraction of sp³-hybridized carbons (Fsp3) is 0.462. The third-order valence-corrected chi connectivity index (χ3v) is 3.42. The first-order valence-corrected chi connectivity index (χ1v) is 6.40. The number of aliphatic hydroxyl groups is 1. The van der Waals surface area contributed by atoms with Crippen LogP contribution in [0.15, 0.2) is 29.4 Å². The minimum absolute atomic E-state index is 0. The van der Waals surface area contributed by atoms with Gasteiger partial charge in [-0.2, -0.15) is 0 Å². The maximum absolute atomic E-state index is 8.91. The molecule has 6 nitrogen and oxygen atoms in total. The number of hydrogen-bond acceptors (Lipinski definition) is 5. The van der Waals surface area contributed by atoms with Gasteiger partial charge in [0.05, 0.1) is 6.61 Å². The van der Waals surface area contributed by atoms with Crippen LogP contribution in [-0.4, -0.2) is 60.4 Å². The van der Waals surface area contributed by atoms with Crippen molar-refractivity contribution in [2.45, 2.75) is 0 Å². The fourth-order valence-corrected chi connectivity index (χ4v) is 2.27. The molecule has 1 heterocycles. The van der Waals surface area contributed by atoms with Gasteiger partial charge < -0.3 is 20.9 Å². The number of amidine groups is 1. The van der Waals surface area contributed by atoms with Crippen molar-refractivity contribution in [1.29, 1.82) is 0 Å². The summed E-state index contributed by atoms with van der Waals surface area (Å²) in [5.74, 6) is 0.124. The number of hydrogen-bond donors (Lipinski definition) is 3. The summed E-state index contributed by atoms with van der Waals surface area (Å²) in [7, 11) is 0. The van der Waals surface area contributed by atoms with Crippen LogP contribution >= 0.6 is 37.2 Å². The summed E-state index contributed by atoms with van der Waals surface area (Å²) in [6.45, 7) is 4.78. The highest BCUT2D eigenvalue weighted by Crippen LogP contribution is 2.17. The number of β-amino-alcohol motifs (C(OH)–C–C–N with tert-alkyl or cyclic N) is 1. The largest absolute Gasteiger partial charge is 0.409 e. The van der Waals surface area contributed by atoms with E-state index in [0.29, 0.717) is 5.56 Å². The van der Waals surface area contributed by atoms with Gasteiger partial charge in [-0.25, -0.2) is 0 Å². The van der Waals surface area contributed by atoms with Crippen molar-refractivity contribution >= 4 is 48.7 Å². The van der Waals surface area contributed by atoms with Gasteiger partial charge in [-0.05, 0) is 24.3 Å². The highest BCUT2D eigenvalue weighted by atomic mass is 35.5. The maximum atomic E-state index is 8.91. The van der Waals surface area contributed by atoms with Gasteiger partial charge in [-0.15, -0.1) is 37.2 Å². The summed E-state index contributed by atoms with van der Waals surface area (Å²) in [5, 5.41) is 20.5. The minimum atomic E-state index is 0. The lowest BCUT2D eigenvalue weighted by Crippen LogP contribution is -2.47. The fourth-order valence-electron chi connectivity index (χ4n) is 2.27. The Labute approximate surface area is 149 Å². The van der Waals surface area contributed by atoms with Crippen molar-refractivity contribution < 1.29 is 10.3 Å². The molecule has 1 aliphatic rings. The molecule has 1 aromatic rings. The van der Waals surface area contributed by atoms with Crippen LogP contribution in [0.2, 0.25) is 0 Å². The van der Waals surface area contributed by atoms with Gasteiger partial charge in [0, 0.05) is 44.0 Å². The van der Waals surface area contributed by atoms with Crippen LogP contribution in [-0.2, 0) is 0 Å². The van der Waals surface area contributed by atoms with E-state index in [0.717, 1.165) is 38.4 Å². The van der Waals surface area contributed by atoms with Gasteiger partial charge in [0.25, 0.3) is 0 Å². The third-order valence-electron chi connectivity index (χ3n) is 3.42. The Morgan fingerprint density at radius 2 is 1.59 bits per heavy atom. The molecular weight excluding hydrogens is 351 g/mol. The van der Waals surface area contributed by atoms with E-state index >= 15 is 0 Å². The molecule has 0 unspecified atom stereocenters. The van der Waals surface area contributed by atoms with Crippen LogP contribution in [0, 0.1) is 0 Å². The average Bonchev–Trinajstić information content (AvgIpc) is 2.48. The van der Waals surface area contributed by atoms with E-state index in [1.54, 1.807) is 0 Å². The summed E-state index contributed by atoms with van der Waals surface area (Å²) >= 11 is 0. The Kier molecular flexibility index (Phi) is 12.3. The number of oxime groups is 1. The molecule has 2 rings (SSSR count). The van der Waals surface area contributed by atoms with Crippen LogP contribution in [0.1, 0.15) is 5.56 Å². The van der Waals surface area contributed by atoms with E-state index in [4.69, 9.17) is 16.0 Å². The van der Waals surface area contributed by atoms with Gasteiger partial charge in [0.15, 0.2) is 5.84 Å². The average molecular weight is 374 g/mol. The number of rotatable bonds is 4. The molecular formula is C13H23Cl3N4O2. The summed E-state index contributed by atoms with van der Waals surface area (Å²) in [6.07, 6.45) is 0. The molecule has 0 radical (unpaired) electrons. The zero-order valence-electron chi connectivity index (χ0n) is 12.1. The Morgan fingerprint density at radius 3 is 2.05 bits per heavy atom. The second-order valence-electron chi connectivity index (χ2n) is 4.58. The van der Waals surface area contributed by atoms with E-state index in [1.807, 2.05) is 24.3 Å². The van der Waals surface area contributed by atoms with E-state index in [9.17, 15) is 0 Å². The van der Waals surface area contributed by atoms with Crippen LogP contribution in [0.5, 0.6) is 0 Å². The van der Waals surface area contributed by atoms with Crippen LogP contribution in [0.3, 0.4) is 0 Å². The number of benzene rings is 1. The lowest BCUT2D eigenvalue weighted by Gasteiger charge is -2.35. The van der Waals surface area contributed by atoms with Crippen LogP contribution in [0.25, 0.3) is 0 Å². The molecule has 0 aliphatic carbocycles. The van der Waals surface area contributed by atoms with E-state index < -0.39 is 0 Å². The van der Waals surface area contributed by atoms with Gasteiger partial charge in [0.1, 0.15) is 0 Å². The molecule has 1 aromatic carbocycles. The van der Waals surface area contributed by atoms with E-state index in [1.165, 1.54) is 0 Å². The molecule has 0 bridgehead atoms. The smallest absolute Gasteiger partial charge is 0.170 e. The van der Waals surface area contributed by atoms with Gasteiger partial charge in [-0.1, -0.05) is 5.16 Å². The van der Waals surface area contributed by atoms with Crippen molar-refractivity contribution in [3.8, 4) is 0 Å². The summed E-state index contributed by atoms with van der Waals surface area (Å²) in [6, 6.07) is 7.67. The number of halogens is 3. The van der Waals surface area contributed by atoms with E-state index in [-0.39, 0.29) is 49.7 Å². The summed E-state index contributed by atoms with van der Waals surface area (Å²) in [5.41, 5.74) is 7.38. The first-order valence-electron chi connectivity index (χ1n) is 6.40. The topological polar surface area (TPSA) is 85.3 Å². The normalized spacial score (nSPS) is 15.3. The minimum Gasteiger partial charge on any atom is -0.409 e. The molecule has 0 amide bonds. The molecule has 0 atom stereocenters. The predicted molar refractivity (Wildman–Crippen MR) is 96.4 cm³/mol. The number of piperazine rings is 1. The molecule has 1 fully saturated rings. The molecule has 0 aromatic heterocycles. The van der Waals surface area contributed by atoms with Crippen molar-refractivity contribution in [3.05, 3.63) is 29.8 Å². The Hall–Kier alpha value is -0.920. The van der Waals surface area contributed by atoms with Crippen molar-refractivity contribution in [3.63, 3.8) is 0 Å². The Bertz CT molecular complexity index is 437. The lowest BCUT2D eigenvalue weighted by atomic mass is 10.1. The Morgan fingerprint density at radius 1 is 1.05 bits per heavy atom. The molecule has 4 N–H and O–H groups in total. The van der Waals surface area contributed by atoms with Crippen LogP contribution < -0.4 is 10.6 Å². The third kappa shape index (κ3) is 6.06. The van der Waals surface area contributed by atoms with Crippen molar-refractivity contribution in [2.24, 2.45) is 10.9 Å². The second-order valence-corrected chi connectivity index (χ2v) is 4.58. The number of nitrogens with zero attached hydrogens (tertiary/aromatic N) is 3. The first kappa shape index (κ1) is 23.3. The quantitative estimate of drug-likeness (QED) is 0.319. The van der Waals surface area contributed by atoms with Gasteiger partial charge >= 0.3 is 0 Å². The lowest BCUT2D eigenvalue weighted by molar-refractivity contribution is 0.189. The number of aliphatic hydroxyl groups excluding tert-OH is 1. The zero-order valence-corrected chi connectivity index (χ0v) is 14.5. The second kappa shape index (κ2) is 11.6. The molecule has 22 heavy (non-hydrogen) atoms. The van der Waals surface area contributed by atoms with Gasteiger partial charge in [0.2, 0.25) is 0 Å². The predicted octanol–water partition coefficient (Wildman–Crippen LogP) is 1.16. The highest BCUT2D eigenvalue weighted by Gasteiger charge is 2.16. The Balaban J connectivity index is 0. The van der Waals surface area contributed by atoms with E-state index in [2.05, 4.69) is 15.0 Å². The molecule has 9 heteroatoms. The summed E-state index contributed by atoms with van der Waals surface area (Å²) < 4.78 is 0. The van der Waals surface area contributed by atoms with Crippen molar-refractivity contribution in [2.75, 3.05) is 44.2 Å². The summed E-state index contributed by atoms with van der Waals surface area (Å²) in [4.78, 5) is 4.55. The standard InChI is InChI=1S/C13H20N4O2.3ClH/c14-13(15-19)11-1-3-12(4-2-11)17-7-5-16(6-8-17)9-10-18;;;/h1-4,18-19H,5-10H2,(H2,14,15);3*1H. The van der Waals surface area contributed by atoms with Crippen molar-refractivity contribution in [1.82, 2.24) is 4.90 Å². The first-order chi connectivity index (χ1) is 9.24. The number of nitrogens with two attached hydrogens (primary N) is 1. The molecule has 1 saturated heterocycles.